The SMILES string of the molecule is O=C(O)CCN1C(=O)[C@@H]2[C@H]3C[C@@H]([C@@H]2C1=O)[C@@H]1[C@@H](c2ccc(Br)cc2)c2sc(=O)[nH]c2S[C@@H]31. The number of H-pyrrole nitrogens is 1. The average molecular weight is 535 g/mol. The van der Waals surface area contributed by atoms with Crippen molar-refractivity contribution in [2.75, 3.05) is 6.54 Å². The van der Waals surface area contributed by atoms with Gasteiger partial charge in [-0.05, 0) is 41.9 Å². The number of nitrogens with one attached hydrogen (secondary N) is 1. The fourth-order valence-electron chi connectivity index (χ4n) is 6.55. The highest BCUT2D eigenvalue weighted by molar-refractivity contribution is 9.10. The van der Waals surface area contributed by atoms with Crippen LogP contribution in [0.3, 0.4) is 0 Å². The number of aromatic amines is 1. The quantitative estimate of drug-likeness (QED) is 0.583. The number of thioether (sulfide) groups is 1. The molecule has 4 aliphatic rings. The Morgan fingerprint density at radius 2 is 1.81 bits per heavy atom. The first kappa shape index (κ1) is 20.7. The molecule has 2 N–H and O–H groups in total. The molecule has 2 aliphatic carbocycles. The van der Waals surface area contributed by atoms with Crippen LogP contribution in [0.1, 0.15) is 29.2 Å². The van der Waals surface area contributed by atoms with Crippen molar-refractivity contribution in [1.82, 2.24) is 9.88 Å². The molecule has 0 radical (unpaired) electrons. The largest absolute Gasteiger partial charge is 0.481 e. The molecule has 2 amide bonds. The third-order valence-corrected chi connectivity index (χ3v) is 10.7. The van der Waals surface area contributed by atoms with E-state index in [4.69, 9.17) is 5.11 Å². The fraction of sp³-hybridized carbons (Fsp3) is 0.455. The number of halogens is 1. The Morgan fingerprint density at radius 3 is 2.50 bits per heavy atom. The first-order chi connectivity index (χ1) is 15.3. The third kappa shape index (κ3) is 2.85. The molecule has 2 aromatic rings. The summed E-state index contributed by atoms with van der Waals surface area (Å²) in [7, 11) is 0. The predicted molar refractivity (Wildman–Crippen MR) is 122 cm³/mol. The van der Waals surface area contributed by atoms with Gasteiger partial charge in [-0.15, -0.1) is 11.8 Å². The number of aromatic nitrogens is 1. The van der Waals surface area contributed by atoms with Gasteiger partial charge in [0.05, 0.1) is 23.3 Å². The summed E-state index contributed by atoms with van der Waals surface area (Å²) < 4.78 is 0.976. The van der Waals surface area contributed by atoms with Crippen molar-refractivity contribution in [3.05, 3.63) is 48.8 Å². The molecule has 6 rings (SSSR count). The number of carboxylic acids is 1. The molecule has 3 fully saturated rings. The summed E-state index contributed by atoms with van der Waals surface area (Å²) in [5.41, 5.74) is 1.11. The zero-order valence-electron chi connectivity index (χ0n) is 16.7. The Bertz CT molecular complexity index is 1210. The van der Waals surface area contributed by atoms with Gasteiger partial charge in [0.1, 0.15) is 0 Å². The van der Waals surface area contributed by atoms with E-state index in [1.54, 1.807) is 11.8 Å². The molecule has 10 heteroatoms. The van der Waals surface area contributed by atoms with Gasteiger partial charge < -0.3 is 10.1 Å². The van der Waals surface area contributed by atoms with Crippen molar-refractivity contribution in [3.63, 3.8) is 0 Å². The van der Waals surface area contributed by atoms with Gasteiger partial charge in [0.25, 0.3) is 0 Å². The zero-order chi connectivity index (χ0) is 22.3. The lowest BCUT2D eigenvalue weighted by molar-refractivity contribution is -0.142. The van der Waals surface area contributed by atoms with Gasteiger partial charge in [-0.1, -0.05) is 39.4 Å². The summed E-state index contributed by atoms with van der Waals surface area (Å²) in [5.74, 6) is -1.92. The van der Waals surface area contributed by atoms with E-state index < -0.39 is 5.97 Å². The number of carbonyl (C=O) groups excluding carboxylic acids is 2. The monoisotopic (exact) mass is 534 g/mol. The van der Waals surface area contributed by atoms with Crippen LogP contribution in [0, 0.1) is 29.6 Å². The summed E-state index contributed by atoms with van der Waals surface area (Å²) in [5, 5.41) is 10.1. The Morgan fingerprint density at radius 1 is 1.12 bits per heavy atom. The molecule has 3 heterocycles. The van der Waals surface area contributed by atoms with E-state index in [0.29, 0.717) is 0 Å². The minimum Gasteiger partial charge on any atom is -0.481 e. The number of hydrogen-bond acceptors (Lipinski definition) is 6. The van der Waals surface area contributed by atoms with Crippen molar-refractivity contribution in [2.45, 2.75) is 29.0 Å². The van der Waals surface area contributed by atoms with Crippen LogP contribution in [0.2, 0.25) is 0 Å². The third-order valence-electron chi connectivity index (χ3n) is 7.59. The second-order valence-electron chi connectivity index (χ2n) is 8.98. The first-order valence-electron chi connectivity index (χ1n) is 10.6. The maximum Gasteiger partial charge on any atom is 0.305 e. The Kier molecular flexibility index (Phi) is 4.71. The van der Waals surface area contributed by atoms with Crippen molar-refractivity contribution >= 4 is 56.8 Å². The molecular weight excluding hydrogens is 516 g/mol. The molecule has 1 saturated heterocycles. The molecule has 2 saturated carbocycles. The average Bonchev–Trinajstić information content (AvgIpc) is 3.47. The lowest BCUT2D eigenvalue weighted by Gasteiger charge is -2.43. The number of aliphatic carboxylic acids is 1. The van der Waals surface area contributed by atoms with E-state index in [9.17, 15) is 19.2 Å². The molecule has 0 spiro atoms. The van der Waals surface area contributed by atoms with E-state index in [1.165, 1.54) is 16.2 Å². The van der Waals surface area contributed by atoms with Crippen LogP contribution in [-0.2, 0) is 14.4 Å². The second kappa shape index (κ2) is 7.30. The summed E-state index contributed by atoms with van der Waals surface area (Å²) in [6.45, 7) is -0.0568. The van der Waals surface area contributed by atoms with Crippen molar-refractivity contribution in [3.8, 4) is 0 Å². The number of amides is 2. The molecule has 7 atom stereocenters. The highest BCUT2D eigenvalue weighted by atomic mass is 79.9. The van der Waals surface area contributed by atoms with E-state index >= 15 is 0 Å². The molecule has 2 aliphatic heterocycles. The number of fused-ring (bicyclic) bond motifs is 9. The van der Waals surface area contributed by atoms with Crippen LogP contribution in [0.15, 0.2) is 38.6 Å². The molecular formula is C22H19BrN2O5S2. The Labute approximate surface area is 199 Å². The zero-order valence-corrected chi connectivity index (χ0v) is 19.9. The predicted octanol–water partition coefficient (Wildman–Crippen LogP) is 3.15. The van der Waals surface area contributed by atoms with Crippen molar-refractivity contribution in [1.29, 1.82) is 0 Å². The topological polar surface area (TPSA) is 108 Å². The van der Waals surface area contributed by atoms with Crippen LogP contribution in [0.5, 0.6) is 0 Å². The van der Waals surface area contributed by atoms with Crippen LogP contribution < -0.4 is 4.87 Å². The number of rotatable bonds is 4. The van der Waals surface area contributed by atoms with E-state index in [2.05, 4.69) is 33.0 Å². The standard InChI is InChI=1S/C22H19BrN2O5S2/c23-9-3-1-8(2-4-9)13-14-10-7-11(17(14)31-19-18(13)32-22(30)24-19)16-15(10)20(28)25(21(16)29)6-5-12(26)27/h1-4,10-11,13-17H,5-7H2,(H,24,30)(H,26,27)/t10-,11-,13-,14-,15+,16-,17+/m1/s1. The molecule has 1 aromatic carbocycles. The minimum absolute atomic E-state index is 0.000205. The van der Waals surface area contributed by atoms with Crippen LogP contribution in [0.25, 0.3) is 0 Å². The van der Waals surface area contributed by atoms with E-state index in [-0.39, 0.29) is 70.4 Å². The van der Waals surface area contributed by atoms with Gasteiger partial charge in [0.2, 0.25) is 11.8 Å². The maximum atomic E-state index is 13.3. The van der Waals surface area contributed by atoms with E-state index in [1.807, 2.05) is 12.1 Å². The number of carbonyl (C=O) groups is 3. The number of nitrogens with zero attached hydrogens (tertiary/aromatic N) is 1. The second-order valence-corrected chi connectivity index (χ2v) is 12.1. The highest BCUT2D eigenvalue weighted by Crippen LogP contribution is 2.68. The van der Waals surface area contributed by atoms with Crippen molar-refractivity contribution < 1.29 is 19.5 Å². The van der Waals surface area contributed by atoms with Gasteiger partial charge in [-0.3, -0.25) is 24.1 Å². The maximum absolute atomic E-state index is 13.3. The molecule has 2 bridgehead atoms. The Hall–Kier alpha value is -1.91. The fourth-order valence-corrected chi connectivity index (χ4v) is 9.70. The number of thiazole rings is 1. The molecule has 1 aromatic heterocycles. The lowest BCUT2D eigenvalue weighted by Crippen LogP contribution is -2.42. The smallest absolute Gasteiger partial charge is 0.305 e. The number of likely N-dealkylation sites (tertiary alicyclic amines) is 1. The minimum atomic E-state index is -1.02. The van der Waals surface area contributed by atoms with E-state index in [0.717, 1.165) is 26.4 Å². The number of benzene rings is 1. The van der Waals surface area contributed by atoms with Gasteiger partial charge in [-0.25, -0.2) is 0 Å². The molecule has 32 heavy (non-hydrogen) atoms. The van der Waals surface area contributed by atoms with Gasteiger partial charge in [0, 0.05) is 27.1 Å². The van der Waals surface area contributed by atoms with Crippen LogP contribution >= 0.6 is 39.0 Å². The van der Waals surface area contributed by atoms with Crippen molar-refractivity contribution in [2.24, 2.45) is 29.6 Å². The lowest BCUT2D eigenvalue weighted by atomic mass is 9.68. The Balaban J connectivity index is 1.41. The molecule has 7 nitrogen and oxygen atoms in total. The van der Waals surface area contributed by atoms with Gasteiger partial charge in [-0.2, -0.15) is 0 Å². The number of imide groups is 1. The van der Waals surface area contributed by atoms with Gasteiger partial charge >= 0.3 is 10.8 Å². The molecule has 166 valence electrons. The summed E-state index contributed by atoms with van der Waals surface area (Å²) in [6.07, 6.45) is 0.599. The number of carboxylic acid groups (broad SMARTS) is 1. The number of hydrogen-bond donors (Lipinski definition) is 2. The van der Waals surface area contributed by atoms with Crippen LogP contribution in [-0.4, -0.2) is 44.6 Å². The summed E-state index contributed by atoms with van der Waals surface area (Å²) in [4.78, 5) is 54.8. The van der Waals surface area contributed by atoms with Gasteiger partial charge in [0.15, 0.2) is 0 Å². The first-order valence-corrected chi connectivity index (χ1v) is 13.1. The molecule has 0 unspecified atom stereocenters. The summed E-state index contributed by atoms with van der Waals surface area (Å²) >= 11 is 6.39. The van der Waals surface area contributed by atoms with Crippen LogP contribution in [0.4, 0.5) is 0 Å². The highest BCUT2D eigenvalue weighted by Gasteiger charge is 2.69. The normalized spacial score (nSPS) is 34.5. The summed E-state index contributed by atoms with van der Waals surface area (Å²) in [6, 6.07) is 8.13.